The molecule has 3 rings (SSSR count). The highest BCUT2D eigenvalue weighted by atomic mass is 19.4. The summed E-state index contributed by atoms with van der Waals surface area (Å²) in [7, 11) is 1.22. The fourth-order valence-corrected chi connectivity index (χ4v) is 3.92. The van der Waals surface area contributed by atoms with Crippen LogP contribution in [0.3, 0.4) is 0 Å². The van der Waals surface area contributed by atoms with Gasteiger partial charge in [0, 0.05) is 18.2 Å². The molecule has 0 fully saturated rings. The largest absolute Gasteiger partial charge is 0.478 e. The average Bonchev–Trinajstić information content (AvgIpc) is 2.83. The predicted octanol–water partition coefficient (Wildman–Crippen LogP) is 6.98. The Morgan fingerprint density at radius 1 is 0.892 bits per heavy atom. The Labute approximate surface area is 208 Å². The molecular formula is C27H23F6NO3. The summed E-state index contributed by atoms with van der Waals surface area (Å²) in [5.74, 6) is -2.36. The van der Waals surface area contributed by atoms with Crippen molar-refractivity contribution in [3.8, 4) is 0 Å². The zero-order chi connectivity index (χ0) is 27.5. The van der Waals surface area contributed by atoms with Crippen LogP contribution in [0.5, 0.6) is 0 Å². The number of hydrogen-bond donors (Lipinski definition) is 1. The lowest BCUT2D eigenvalue weighted by atomic mass is 9.97. The van der Waals surface area contributed by atoms with Gasteiger partial charge in [0.1, 0.15) is 0 Å². The van der Waals surface area contributed by atoms with Crippen LogP contribution < -0.4 is 0 Å². The van der Waals surface area contributed by atoms with E-state index in [9.17, 15) is 41.0 Å². The molecule has 3 aromatic carbocycles. The summed E-state index contributed by atoms with van der Waals surface area (Å²) in [6.45, 7) is 1.58. The van der Waals surface area contributed by atoms with E-state index < -0.39 is 47.0 Å². The van der Waals surface area contributed by atoms with E-state index in [0.29, 0.717) is 17.7 Å². The van der Waals surface area contributed by atoms with Gasteiger partial charge in [0.15, 0.2) is 0 Å². The van der Waals surface area contributed by atoms with E-state index in [1.165, 1.54) is 13.1 Å². The van der Waals surface area contributed by atoms with Gasteiger partial charge < -0.3 is 10.0 Å². The van der Waals surface area contributed by atoms with Gasteiger partial charge in [-0.3, -0.25) is 4.79 Å². The van der Waals surface area contributed by atoms with Gasteiger partial charge in [-0.1, -0.05) is 55.5 Å². The Bertz CT molecular complexity index is 1310. The van der Waals surface area contributed by atoms with Crippen LogP contribution in [-0.2, 0) is 23.6 Å². The zero-order valence-corrected chi connectivity index (χ0v) is 19.8. The van der Waals surface area contributed by atoms with E-state index in [0.717, 1.165) is 15.7 Å². The molecule has 0 bridgehead atoms. The molecule has 0 heterocycles. The third kappa shape index (κ3) is 6.69. The monoisotopic (exact) mass is 523 g/mol. The number of amides is 1. The minimum atomic E-state index is -5.11. The van der Waals surface area contributed by atoms with E-state index in [4.69, 9.17) is 0 Å². The molecule has 196 valence electrons. The summed E-state index contributed by atoms with van der Waals surface area (Å²) < 4.78 is 79.9. The number of likely N-dealkylation sites (N-methyl/N-ethyl adjacent to an activating group) is 1. The number of fused-ring (bicyclic) bond motifs is 1. The molecule has 0 spiro atoms. The molecule has 4 nitrogen and oxygen atoms in total. The van der Waals surface area contributed by atoms with Crippen molar-refractivity contribution >= 4 is 22.6 Å². The number of benzene rings is 3. The number of carbonyl (C=O) groups excluding carboxylic acids is 1. The van der Waals surface area contributed by atoms with Gasteiger partial charge >= 0.3 is 18.3 Å². The summed E-state index contributed by atoms with van der Waals surface area (Å²) in [5.41, 5.74) is -3.39. The van der Waals surface area contributed by atoms with Gasteiger partial charge in [0.25, 0.3) is 5.91 Å². The Balaban J connectivity index is 2.06. The number of rotatable bonds is 7. The number of aliphatic carboxylic acids is 1. The first-order chi connectivity index (χ1) is 17.2. The molecule has 3 aromatic rings. The highest BCUT2D eigenvalue weighted by Gasteiger charge is 2.38. The van der Waals surface area contributed by atoms with Crippen molar-refractivity contribution in [2.24, 2.45) is 0 Å². The van der Waals surface area contributed by atoms with Gasteiger partial charge in [-0.25, -0.2) is 4.79 Å². The van der Waals surface area contributed by atoms with Crippen molar-refractivity contribution < 1.29 is 41.0 Å². The van der Waals surface area contributed by atoms with Crippen LogP contribution in [0.25, 0.3) is 10.8 Å². The molecule has 1 unspecified atom stereocenters. The average molecular weight is 523 g/mol. The Morgan fingerprint density at radius 2 is 1.46 bits per heavy atom. The van der Waals surface area contributed by atoms with Crippen LogP contribution >= 0.6 is 0 Å². The van der Waals surface area contributed by atoms with Crippen LogP contribution in [0.2, 0.25) is 0 Å². The minimum Gasteiger partial charge on any atom is -0.478 e. The Hall–Kier alpha value is -3.82. The van der Waals surface area contributed by atoms with Gasteiger partial charge in [-0.15, -0.1) is 0 Å². The molecule has 1 N–H and O–H groups in total. The third-order valence-corrected chi connectivity index (χ3v) is 5.96. The Kier molecular flexibility index (Phi) is 8.00. The molecule has 0 aliphatic rings. The van der Waals surface area contributed by atoms with Crippen molar-refractivity contribution in [1.29, 1.82) is 0 Å². The van der Waals surface area contributed by atoms with Crippen molar-refractivity contribution in [2.45, 2.75) is 38.2 Å². The van der Waals surface area contributed by atoms with E-state index >= 15 is 0 Å². The molecule has 0 aliphatic carbocycles. The second-order valence-electron chi connectivity index (χ2n) is 8.51. The summed E-state index contributed by atoms with van der Waals surface area (Å²) in [5, 5.41) is 11.3. The number of carboxylic acid groups (broad SMARTS) is 1. The first kappa shape index (κ1) is 27.8. The molecule has 0 aliphatic heterocycles. The lowest BCUT2D eigenvalue weighted by Crippen LogP contribution is -2.38. The number of carboxylic acids is 1. The fourth-order valence-electron chi connectivity index (χ4n) is 3.92. The molecule has 37 heavy (non-hydrogen) atoms. The smallest absolute Gasteiger partial charge is 0.416 e. The topological polar surface area (TPSA) is 57.6 Å². The van der Waals surface area contributed by atoms with Gasteiger partial charge in [0.2, 0.25) is 0 Å². The van der Waals surface area contributed by atoms with Crippen molar-refractivity contribution in [3.63, 3.8) is 0 Å². The standard InChI is InChI=1S/C27H23F6NO3/c1-3-17(25(36)37)14-23(11-16-8-9-18-6-4-5-7-19(18)10-16)34(2)24(35)20-12-21(26(28,29)30)15-22(13-20)27(31,32)33/h4-10,12-15,23H,3,11H2,1-2H3,(H,36,37). The lowest BCUT2D eigenvalue weighted by molar-refractivity contribution is -0.143. The lowest BCUT2D eigenvalue weighted by Gasteiger charge is -2.27. The quantitative estimate of drug-likeness (QED) is 0.269. The second kappa shape index (κ2) is 10.7. The zero-order valence-electron chi connectivity index (χ0n) is 19.8. The van der Waals surface area contributed by atoms with E-state index in [-0.39, 0.29) is 24.5 Å². The molecule has 0 radical (unpaired) electrons. The maximum absolute atomic E-state index is 13.3. The number of alkyl halides is 6. The van der Waals surface area contributed by atoms with Crippen molar-refractivity contribution in [3.05, 3.63) is 94.6 Å². The molecule has 10 heteroatoms. The number of nitrogens with zero attached hydrogens (tertiary/aromatic N) is 1. The third-order valence-electron chi connectivity index (χ3n) is 5.96. The normalized spacial score (nSPS) is 13.5. The molecular weight excluding hydrogens is 500 g/mol. The van der Waals surface area contributed by atoms with Crippen LogP contribution in [0.1, 0.15) is 40.4 Å². The molecule has 1 amide bonds. The first-order valence-corrected chi connectivity index (χ1v) is 11.2. The van der Waals surface area contributed by atoms with E-state index in [1.807, 2.05) is 36.4 Å². The van der Waals surface area contributed by atoms with Gasteiger partial charge in [-0.05, 0) is 47.4 Å². The highest BCUT2D eigenvalue weighted by Crippen LogP contribution is 2.36. The van der Waals surface area contributed by atoms with Crippen LogP contribution in [0.4, 0.5) is 26.3 Å². The molecule has 0 saturated heterocycles. The van der Waals surface area contributed by atoms with Gasteiger partial charge in [0.05, 0.1) is 17.2 Å². The van der Waals surface area contributed by atoms with Crippen molar-refractivity contribution in [1.82, 2.24) is 4.90 Å². The summed E-state index contributed by atoms with van der Waals surface area (Å²) >= 11 is 0. The van der Waals surface area contributed by atoms with Crippen molar-refractivity contribution in [2.75, 3.05) is 7.05 Å². The maximum atomic E-state index is 13.3. The SMILES string of the molecule is CCC(=CC(Cc1ccc2ccccc2c1)N(C)C(=O)c1cc(C(F)(F)F)cc(C(F)(F)F)c1)C(=O)O. The maximum Gasteiger partial charge on any atom is 0.416 e. The summed E-state index contributed by atoms with van der Waals surface area (Å²) in [6.07, 6.45) is -8.76. The fraction of sp³-hybridized carbons (Fsp3) is 0.259. The number of halogens is 6. The van der Waals surface area contributed by atoms with Crippen LogP contribution in [-0.4, -0.2) is 35.0 Å². The number of hydrogen-bond acceptors (Lipinski definition) is 2. The molecule has 1 atom stereocenters. The first-order valence-electron chi connectivity index (χ1n) is 11.2. The Morgan fingerprint density at radius 3 is 1.97 bits per heavy atom. The van der Waals surface area contributed by atoms with E-state index in [1.54, 1.807) is 13.0 Å². The summed E-state index contributed by atoms with van der Waals surface area (Å²) in [4.78, 5) is 25.8. The van der Waals surface area contributed by atoms with Crippen LogP contribution in [0, 0.1) is 0 Å². The van der Waals surface area contributed by atoms with Gasteiger partial charge in [-0.2, -0.15) is 26.3 Å². The highest BCUT2D eigenvalue weighted by molar-refractivity contribution is 5.95. The predicted molar refractivity (Wildman–Crippen MR) is 126 cm³/mol. The minimum absolute atomic E-state index is 0.0505. The molecule has 0 aromatic heterocycles. The van der Waals surface area contributed by atoms with Crippen LogP contribution in [0.15, 0.2) is 72.3 Å². The second-order valence-corrected chi connectivity index (χ2v) is 8.51. The number of carbonyl (C=O) groups is 2. The molecule has 0 saturated carbocycles. The summed E-state index contributed by atoms with van der Waals surface area (Å²) in [6, 6.07) is 12.5. The van der Waals surface area contributed by atoms with E-state index in [2.05, 4.69) is 0 Å².